The first-order valence-corrected chi connectivity index (χ1v) is 15.9. The topological polar surface area (TPSA) is 3.24 Å². The number of fused-ring (bicyclic) bond motifs is 3. The van der Waals surface area contributed by atoms with Crippen LogP contribution in [0.15, 0.2) is 168 Å². The third kappa shape index (κ3) is 5.63. The maximum absolute atomic E-state index is 4.57. The summed E-state index contributed by atoms with van der Waals surface area (Å²) in [6, 6.07) is 32.9. The van der Waals surface area contributed by atoms with Gasteiger partial charge in [0.1, 0.15) is 0 Å². The van der Waals surface area contributed by atoms with Gasteiger partial charge in [0.2, 0.25) is 0 Å². The van der Waals surface area contributed by atoms with Crippen LogP contribution in [-0.2, 0) is 5.41 Å². The normalized spacial score (nSPS) is 20.0. The number of allylic oxidation sites excluding steroid dienone is 8. The first kappa shape index (κ1) is 29.7. The molecule has 0 spiro atoms. The number of nitrogens with zero attached hydrogens (tertiary/aromatic N) is 1. The summed E-state index contributed by atoms with van der Waals surface area (Å²) in [6.45, 7) is 18.1. The number of hydrogen-bond acceptors (Lipinski definition) is 1. The zero-order chi connectivity index (χ0) is 31.1. The van der Waals surface area contributed by atoms with Crippen LogP contribution in [0, 0.1) is 5.41 Å². The molecule has 0 atom stereocenters. The minimum Gasteiger partial charge on any atom is -0.310 e. The SMILES string of the molecule is C=C1/C=C\C=C/C(C)(C)/C=C\C=C(\N(c2ccc(-c3ccc(Br)cc3)cc2)c2ccc3c(c2)C(C)(C)c2ccccc2-3)C1=C. The Morgan fingerprint density at radius 2 is 1.25 bits per heavy atom. The molecule has 44 heavy (non-hydrogen) atoms. The maximum Gasteiger partial charge on any atom is 0.0533 e. The monoisotopic (exact) mass is 635 g/mol. The van der Waals surface area contributed by atoms with Crippen molar-refractivity contribution in [2.75, 3.05) is 4.90 Å². The largest absolute Gasteiger partial charge is 0.310 e. The van der Waals surface area contributed by atoms with E-state index in [4.69, 9.17) is 0 Å². The van der Waals surface area contributed by atoms with Crippen molar-refractivity contribution in [1.82, 2.24) is 0 Å². The summed E-state index contributed by atoms with van der Waals surface area (Å²) in [7, 11) is 0. The lowest BCUT2D eigenvalue weighted by Crippen LogP contribution is -2.20. The van der Waals surface area contributed by atoms with E-state index < -0.39 is 0 Å². The standard InChI is InChI=1S/C42H38BrN/c1-29-12-9-10-26-41(3,4)27-11-15-40(30(29)2)44(34-22-18-32(19-23-34)31-16-20-33(43)21-17-31)35-24-25-37-36-13-7-8-14-38(36)42(5,6)39(37)28-35/h7-28H,1-2H2,3-6H3/b12-9-,26-10-,27-11-,40-15+. The molecule has 0 amide bonds. The van der Waals surface area contributed by atoms with E-state index in [2.05, 4.69) is 189 Å². The van der Waals surface area contributed by atoms with Gasteiger partial charge in [-0.1, -0.05) is 148 Å². The lowest BCUT2D eigenvalue weighted by atomic mass is 9.82. The van der Waals surface area contributed by atoms with Crippen LogP contribution in [-0.4, -0.2) is 0 Å². The van der Waals surface area contributed by atoms with Gasteiger partial charge in [0.05, 0.1) is 5.70 Å². The van der Waals surface area contributed by atoms with Crippen LogP contribution < -0.4 is 4.90 Å². The second kappa shape index (κ2) is 11.6. The first-order valence-electron chi connectivity index (χ1n) is 15.1. The average Bonchev–Trinajstić information content (AvgIpc) is 3.24. The highest BCUT2D eigenvalue weighted by molar-refractivity contribution is 9.10. The number of rotatable bonds is 4. The third-order valence-corrected chi connectivity index (χ3v) is 9.31. The predicted molar refractivity (Wildman–Crippen MR) is 193 cm³/mol. The van der Waals surface area contributed by atoms with Crippen LogP contribution in [0.2, 0.25) is 0 Å². The second-order valence-electron chi connectivity index (χ2n) is 12.7. The Morgan fingerprint density at radius 3 is 1.98 bits per heavy atom. The van der Waals surface area contributed by atoms with Crippen molar-refractivity contribution < 1.29 is 0 Å². The fourth-order valence-corrected chi connectivity index (χ4v) is 6.46. The van der Waals surface area contributed by atoms with E-state index in [0.29, 0.717) is 0 Å². The number of hydrogen-bond donors (Lipinski definition) is 0. The molecule has 1 nitrogen and oxygen atoms in total. The number of benzene rings is 4. The zero-order valence-electron chi connectivity index (χ0n) is 25.9. The molecule has 2 heteroatoms. The predicted octanol–water partition coefficient (Wildman–Crippen LogP) is 12.3. The summed E-state index contributed by atoms with van der Waals surface area (Å²) in [5, 5.41) is 0. The minimum atomic E-state index is -0.110. The Hall–Kier alpha value is -4.40. The summed E-state index contributed by atoms with van der Waals surface area (Å²) in [5.74, 6) is 0. The molecular weight excluding hydrogens is 598 g/mol. The Balaban J connectivity index is 1.53. The Kier molecular flexibility index (Phi) is 7.82. The zero-order valence-corrected chi connectivity index (χ0v) is 27.5. The van der Waals surface area contributed by atoms with Gasteiger partial charge in [-0.3, -0.25) is 0 Å². The van der Waals surface area contributed by atoms with Crippen molar-refractivity contribution in [1.29, 1.82) is 0 Å². The summed E-state index contributed by atoms with van der Waals surface area (Å²) < 4.78 is 1.07. The molecule has 0 saturated heterocycles. The molecule has 2 aliphatic carbocycles. The van der Waals surface area contributed by atoms with Gasteiger partial charge in [-0.15, -0.1) is 0 Å². The van der Waals surface area contributed by atoms with E-state index in [1.54, 1.807) is 0 Å². The van der Waals surface area contributed by atoms with Crippen LogP contribution in [0.25, 0.3) is 22.3 Å². The number of anilines is 2. The van der Waals surface area contributed by atoms with Crippen LogP contribution >= 0.6 is 15.9 Å². The molecule has 0 fully saturated rings. The highest BCUT2D eigenvalue weighted by Gasteiger charge is 2.36. The van der Waals surface area contributed by atoms with Crippen LogP contribution in [0.1, 0.15) is 38.8 Å². The van der Waals surface area contributed by atoms with Crippen molar-refractivity contribution in [2.24, 2.45) is 5.41 Å². The Bertz CT molecular complexity index is 1880. The molecule has 0 saturated carbocycles. The highest BCUT2D eigenvalue weighted by Crippen LogP contribution is 2.50. The summed E-state index contributed by atoms with van der Waals surface area (Å²) in [4.78, 5) is 2.33. The van der Waals surface area contributed by atoms with Crippen molar-refractivity contribution in [3.8, 4) is 22.3 Å². The summed E-state index contributed by atoms with van der Waals surface area (Å²) in [5.41, 5.74) is 12.3. The Morgan fingerprint density at radius 1 is 0.636 bits per heavy atom. The molecule has 0 aliphatic heterocycles. The summed E-state index contributed by atoms with van der Waals surface area (Å²) in [6.07, 6.45) is 15.0. The quantitative estimate of drug-likeness (QED) is 0.215. The third-order valence-electron chi connectivity index (χ3n) is 8.78. The van der Waals surface area contributed by atoms with Gasteiger partial charge < -0.3 is 4.90 Å². The van der Waals surface area contributed by atoms with Gasteiger partial charge in [-0.05, 0) is 87.0 Å². The molecule has 0 radical (unpaired) electrons. The van der Waals surface area contributed by atoms with E-state index in [9.17, 15) is 0 Å². The maximum atomic E-state index is 4.57. The lowest BCUT2D eigenvalue weighted by Gasteiger charge is -2.31. The van der Waals surface area contributed by atoms with Gasteiger partial charge in [0, 0.05) is 26.7 Å². The molecule has 4 aromatic rings. The molecule has 0 bridgehead atoms. The highest BCUT2D eigenvalue weighted by atomic mass is 79.9. The van der Waals surface area contributed by atoms with Crippen molar-refractivity contribution in [3.63, 3.8) is 0 Å². The molecule has 2 aliphatic rings. The van der Waals surface area contributed by atoms with Gasteiger partial charge in [0.25, 0.3) is 0 Å². The summed E-state index contributed by atoms with van der Waals surface area (Å²) >= 11 is 3.56. The van der Waals surface area contributed by atoms with E-state index in [-0.39, 0.29) is 10.8 Å². The number of halogens is 1. The van der Waals surface area contributed by atoms with Crippen molar-refractivity contribution >= 4 is 27.3 Å². The average molecular weight is 637 g/mol. The fourth-order valence-electron chi connectivity index (χ4n) is 6.20. The molecular formula is C42H38BrN. The van der Waals surface area contributed by atoms with E-state index in [0.717, 1.165) is 32.7 Å². The van der Waals surface area contributed by atoms with E-state index >= 15 is 0 Å². The molecule has 0 aromatic heterocycles. The smallest absolute Gasteiger partial charge is 0.0533 e. The van der Waals surface area contributed by atoms with Crippen LogP contribution in [0.3, 0.4) is 0 Å². The first-order chi connectivity index (χ1) is 21.0. The van der Waals surface area contributed by atoms with Gasteiger partial charge in [-0.2, -0.15) is 0 Å². The van der Waals surface area contributed by atoms with E-state index in [1.165, 1.54) is 33.4 Å². The van der Waals surface area contributed by atoms with E-state index in [1.807, 2.05) is 6.08 Å². The van der Waals surface area contributed by atoms with Crippen molar-refractivity contribution in [2.45, 2.75) is 33.1 Å². The minimum absolute atomic E-state index is 0.0977. The molecule has 0 unspecified atom stereocenters. The Labute approximate surface area is 271 Å². The lowest BCUT2D eigenvalue weighted by molar-refractivity contribution is 0.626. The molecule has 4 aromatic carbocycles. The van der Waals surface area contributed by atoms with Gasteiger partial charge in [-0.25, -0.2) is 0 Å². The molecule has 218 valence electrons. The van der Waals surface area contributed by atoms with Crippen molar-refractivity contribution in [3.05, 3.63) is 179 Å². The fraction of sp³-hybridized carbons (Fsp3) is 0.143. The van der Waals surface area contributed by atoms with Gasteiger partial charge in [0.15, 0.2) is 0 Å². The molecule has 0 N–H and O–H groups in total. The van der Waals surface area contributed by atoms with Crippen LogP contribution in [0.4, 0.5) is 11.4 Å². The molecule has 6 rings (SSSR count). The van der Waals surface area contributed by atoms with Crippen LogP contribution in [0.5, 0.6) is 0 Å². The van der Waals surface area contributed by atoms with Gasteiger partial charge >= 0.3 is 0 Å². The molecule has 0 heterocycles. The second-order valence-corrected chi connectivity index (χ2v) is 13.7.